The van der Waals surface area contributed by atoms with Gasteiger partial charge in [-0.25, -0.2) is 0 Å². The third kappa shape index (κ3) is 2.18. The van der Waals surface area contributed by atoms with Gasteiger partial charge in [-0.1, -0.05) is 0 Å². The quantitative estimate of drug-likeness (QED) is 0.677. The second-order valence-corrected chi connectivity index (χ2v) is 4.62. The average molecular weight is 271 g/mol. The van der Waals surface area contributed by atoms with E-state index in [-0.39, 0.29) is 0 Å². The fraction of sp³-hybridized carbons (Fsp3) is 0.308. The first-order chi connectivity index (χ1) is 9.67. The van der Waals surface area contributed by atoms with E-state index < -0.39 is 0 Å². The fourth-order valence-corrected chi connectivity index (χ4v) is 2.14. The minimum absolute atomic E-state index is 0.522. The van der Waals surface area contributed by atoms with Crippen LogP contribution in [-0.2, 0) is 7.05 Å². The third-order valence-electron chi connectivity index (χ3n) is 3.03. The summed E-state index contributed by atoms with van der Waals surface area (Å²) in [5.74, 6) is 2.07. The van der Waals surface area contributed by atoms with Crippen LogP contribution in [0.2, 0.25) is 0 Å². The number of aromatic nitrogens is 5. The zero-order valence-corrected chi connectivity index (χ0v) is 11.7. The molecule has 0 aromatic carbocycles. The molecule has 0 fully saturated rings. The van der Waals surface area contributed by atoms with Gasteiger partial charge in [-0.05, 0) is 19.4 Å². The molecule has 0 saturated carbocycles. The van der Waals surface area contributed by atoms with Crippen molar-refractivity contribution < 1.29 is 0 Å². The molecule has 0 amide bonds. The van der Waals surface area contributed by atoms with Crippen LogP contribution in [0.25, 0.3) is 11.0 Å². The van der Waals surface area contributed by atoms with Gasteiger partial charge in [0.15, 0.2) is 5.82 Å². The molecule has 20 heavy (non-hydrogen) atoms. The summed E-state index contributed by atoms with van der Waals surface area (Å²) in [6.45, 7) is 4.89. The SMILES string of the molecule is CCNc1nc(Nc2ccn(C)n2)nc2[nH]cc(C)c12. The monoisotopic (exact) mass is 271 g/mol. The van der Waals surface area contributed by atoms with Crippen molar-refractivity contribution in [3.63, 3.8) is 0 Å². The topological polar surface area (TPSA) is 83.4 Å². The van der Waals surface area contributed by atoms with E-state index in [1.165, 1.54) is 0 Å². The van der Waals surface area contributed by atoms with Crippen molar-refractivity contribution in [1.29, 1.82) is 0 Å². The molecule has 0 saturated heterocycles. The molecular weight excluding hydrogens is 254 g/mol. The summed E-state index contributed by atoms with van der Waals surface area (Å²) in [5.41, 5.74) is 1.94. The van der Waals surface area contributed by atoms with Crippen molar-refractivity contribution in [2.75, 3.05) is 17.2 Å². The molecule has 3 aromatic rings. The van der Waals surface area contributed by atoms with Crippen LogP contribution >= 0.6 is 0 Å². The molecule has 0 aliphatic rings. The lowest BCUT2D eigenvalue weighted by Crippen LogP contribution is -2.05. The summed E-state index contributed by atoms with van der Waals surface area (Å²) in [4.78, 5) is 12.2. The van der Waals surface area contributed by atoms with Gasteiger partial charge in [0.05, 0.1) is 5.39 Å². The second-order valence-electron chi connectivity index (χ2n) is 4.62. The van der Waals surface area contributed by atoms with Crippen molar-refractivity contribution >= 4 is 28.6 Å². The number of aromatic amines is 1. The maximum absolute atomic E-state index is 4.53. The summed E-state index contributed by atoms with van der Waals surface area (Å²) >= 11 is 0. The Balaban J connectivity index is 2.03. The molecule has 3 N–H and O–H groups in total. The normalized spacial score (nSPS) is 10.9. The molecule has 7 heteroatoms. The number of H-pyrrole nitrogens is 1. The molecule has 0 bridgehead atoms. The molecule has 0 atom stereocenters. The van der Waals surface area contributed by atoms with Crippen LogP contribution in [0.1, 0.15) is 12.5 Å². The Bertz CT molecular complexity index is 740. The molecule has 0 aliphatic heterocycles. The molecular formula is C13H17N7. The summed E-state index contributed by atoms with van der Waals surface area (Å²) in [5, 5.41) is 11.7. The highest BCUT2D eigenvalue weighted by Gasteiger charge is 2.11. The number of anilines is 3. The van der Waals surface area contributed by atoms with E-state index in [1.54, 1.807) is 4.68 Å². The summed E-state index contributed by atoms with van der Waals surface area (Å²) in [7, 11) is 1.87. The van der Waals surface area contributed by atoms with Gasteiger partial charge in [-0.3, -0.25) is 4.68 Å². The molecule has 104 valence electrons. The van der Waals surface area contributed by atoms with Crippen LogP contribution in [0, 0.1) is 6.92 Å². The highest BCUT2D eigenvalue weighted by molar-refractivity contribution is 5.91. The van der Waals surface area contributed by atoms with Gasteiger partial charge < -0.3 is 15.6 Å². The van der Waals surface area contributed by atoms with E-state index in [1.807, 2.05) is 39.4 Å². The maximum atomic E-state index is 4.53. The van der Waals surface area contributed by atoms with Crippen molar-refractivity contribution in [3.05, 3.63) is 24.0 Å². The zero-order chi connectivity index (χ0) is 14.1. The smallest absolute Gasteiger partial charge is 0.232 e. The molecule has 0 radical (unpaired) electrons. The van der Waals surface area contributed by atoms with Crippen LogP contribution in [0.15, 0.2) is 18.5 Å². The van der Waals surface area contributed by atoms with Crippen LogP contribution < -0.4 is 10.6 Å². The first-order valence-electron chi connectivity index (χ1n) is 6.53. The van der Waals surface area contributed by atoms with E-state index in [9.17, 15) is 0 Å². The van der Waals surface area contributed by atoms with Crippen molar-refractivity contribution in [2.45, 2.75) is 13.8 Å². The minimum atomic E-state index is 0.522. The van der Waals surface area contributed by atoms with E-state index in [0.717, 1.165) is 34.8 Å². The Morgan fingerprint density at radius 1 is 1.35 bits per heavy atom. The molecule has 3 aromatic heterocycles. The van der Waals surface area contributed by atoms with E-state index in [2.05, 4.69) is 30.7 Å². The summed E-state index contributed by atoms with van der Waals surface area (Å²) in [6, 6.07) is 1.88. The maximum Gasteiger partial charge on any atom is 0.232 e. The van der Waals surface area contributed by atoms with Gasteiger partial charge in [-0.15, -0.1) is 0 Å². The number of aryl methyl sites for hydroxylation is 2. The molecule has 3 heterocycles. The summed E-state index contributed by atoms with van der Waals surface area (Å²) in [6.07, 6.45) is 3.80. The fourth-order valence-electron chi connectivity index (χ4n) is 2.14. The predicted octanol–water partition coefficient (Wildman–Crippen LogP) is 2.18. The molecule has 7 nitrogen and oxygen atoms in total. The first-order valence-corrected chi connectivity index (χ1v) is 6.53. The number of hydrogen-bond donors (Lipinski definition) is 3. The van der Waals surface area contributed by atoms with Crippen LogP contribution in [0.3, 0.4) is 0 Å². The van der Waals surface area contributed by atoms with Crippen molar-refractivity contribution in [2.24, 2.45) is 7.05 Å². The third-order valence-corrected chi connectivity index (χ3v) is 3.03. The Morgan fingerprint density at radius 3 is 2.90 bits per heavy atom. The van der Waals surface area contributed by atoms with Gasteiger partial charge in [0, 0.05) is 32.1 Å². The molecule has 0 spiro atoms. The van der Waals surface area contributed by atoms with Gasteiger partial charge >= 0.3 is 0 Å². The van der Waals surface area contributed by atoms with E-state index >= 15 is 0 Å². The molecule has 0 aliphatic carbocycles. The number of rotatable bonds is 4. The summed E-state index contributed by atoms with van der Waals surface area (Å²) < 4.78 is 1.73. The predicted molar refractivity (Wildman–Crippen MR) is 79.3 cm³/mol. The van der Waals surface area contributed by atoms with Crippen molar-refractivity contribution in [1.82, 2.24) is 24.7 Å². The largest absolute Gasteiger partial charge is 0.370 e. The zero-order valence-electron chi connectivity index (χ0n) is 11.7. The van der Waals surface area contributed by atoms with Gasteiger partial charge in [0.2, 0.25) is 5.95 Å². The molecule has 3 rings (SSSR count). The second kappa shape index (κ2) is 4.84. The van der Waals surface area contributed by atoms with E-state index in [4.69, 9.17) is 0 Å². The van der Waals surface area contributed by atoms with Gasteiger partial charge in [0.1, 0.15) is 11.5 Å². The van der Waals surface area contributed by atoms with Gasteiger partial charge in [-0.2, -0.15) is 15.1 Å². The van der Waals surface area contributed by atoms with E-state index in [0.29, 0.717) is 5.95 Å². The number of hydrogen-bond acceptors (Lipinski definition) is 5. The lowest BCUT2D eigenvalue weighted by molar-refractivity contribution is 0.771. The van der Waals surface area contributed by atoms with Crippen LogP contribution in [-0.4, -0.2) is 31.3 Å². The Morgan fingerprint density at radius 2 is 2.20 bits per heavy atom. The highest BCUT2D eigenvalue weighted by atomic mass is 15.3. The lowest BCUT2D eigenvalue weighted by Gasteiger charge is -2.08. The Labute approximate surface area is 116 Å². The van der Waals surface area contributed by atoms with Gasteiger partial charge in [0.25, 0.3) is 0 Å². The molecule has 0 unspecified atom stereocenters. The first kappa shape index (κ1) is 12.5. The lowest BCUT2D eigenvalue weighted by atomic mass is 10.2. The number of fused-ring (bicyclic) bond motifs is 1. The van der Waals surface area contributed by atoms with Crippen LogP contribution in [0.5, 0.6) is 0 Å². The van der Waals surface area contributed by atoms with Crippen molar-refractivity contribution in [3.8, 4) is 0 Å². The Hall–Kier alpha value is -2.57. The number of nitrogens with one attached hydrogen (secondary N) is 3. The highest BCUT2D eigenvalue weighted by Crippen LogP contribution is 2.25. The standard InChI is InChI=1S/C13H17N7/c1-4-14-11-10-8(2)7-15-12(10)18-13(17-11)16-9-5-6-20(3)19-9/h5-7H,4H2,1-3H3,(H3,14,15,16,17,18,19). The average Bonchev–Trinajstić information content (AvgIpc) is 2.97. The number of nitrogens with zero attached hydrogens (tertiary/aromatic N) is 4. The van der Waals surface area contributed by atoms with Crippen LogP contribution in [0.4, 0.5) is 17.6 Å². The Kier molecular flexibility index (Phi) is 3.02. The minimum Gasteiger partial charge on any atom is -0.370 e.